The van der Waals surface area contributed by atoms with Crippen LogP contribution in [-0.4, -0.2) is 40.9 Å². The fraction of sp³-hybridized carbons (Fsp3) is 0.579. The molecule has 0 spiro atoms. The lowest BCUT2D eigenvalue weighted by Crippen LogP contribution is -2.49. The predicted octanol–water partition coefficient (Wildman–Crippen LogP) is 6.03. The van der Waals surface area contributed by atoms with Gasteiger partial charge in [-0.25, -0.2) is 4.31 Å². The zero-order valence-corrected chi connectivity index (χ0v) is 18.0. The maximum atomic E-state index is 3.51. The van der Waals surface area contributed by atoms with E-state index in [9.17, 15) is 0 Å². The SMILES string of the molecule is BrC(Br)=CCC1CCCCN1C1CCN(Sc2ccccc2)CC1. The summed E-state index contributed by atoms with van der Waals surface area (Å²) in [4.78, 5) is 4.17. The van der Waals surface area contributed by atoms with E-state index >= 15 is 0 Å². The number of nitrogens with zero attached hydrogens (tertiary/aromatic N) is 2. The van der Waals surface area contributed by atoms with Crippen molar-refractivity contribution in [3.8, 4) is 0 Å². The van der Waals surface area contributed by atoms with Gasteiger partial charge in [-0.2, -0.15) is 0 Å². The molecule has 0 bridgehead atoms. The molecule has 132 valence electrons. The zero-order valence-electron chi connectivity index (χ0n) is 14.0. The Morgan fingerprint density at radius 1 is 1.04 bits per heavy atom. The molecule has 3 rings (SSSR count). The van der Waals surface area contributed by atoms with Gasteiger partial charge in [-0.3, -0.25) is 4.90 Å². The van der Waals surface area contributed by atoms with Crippen molar-refractivity contribution in [1.29, 1.82) is 0 Å². The molecule has 5 heteroatoms. The van der Waals surface area contributed by atoms with Crippen molar-refractivity contribution in [2.75, 3.05) is 19.6 Å². The molecule has 2 fully saturated rings. The molecular formula is C19H26Br2N2S. The Labute approximate surface area is 167 Å². The van der Waals surface area contributed by atoms with E-state index < -0.39 is 0 Å². The molecule has 1 aromatic rings. The highest BCUT2D eigenvalue weighted by molar-refractivity contribution is 9.28. The summed E-state index contributed by atoms with van der Waals surface area (Å²) in [6.45, 7) is 3.69. The standard InChI is InChI=1S/C19H26Br2N2S/c20-19(21)10-9-16-6-4-5-13-23(16)17-11-14-22(15-12-17)24-18-7-2-1-3-8-18/h1-3,7-8,10,16-17H,4-6,9,11-15H2. The summed E-state index contributed by atoms with van der Waals surface area (Å²) >= 11 is 8.93. The molecule has 24 heavy (non-hydrogen) atoms. The lowest BCUT2D eigenvalue weighted by atomic mass is 9.94. The second-order valence-electron chi connectivity index (χ2n) is 6.68. The van der Waals surface area contributed by atoms with Crippen molar-refractivity contribution in [2.24, 2.45) is 0 Å². The topological polar surface area (TPSA) is 6.48 Å². The van der Waals surface area contributed by atoms with Gasteiger partial charge in [0.25, 0.3) is 0 Å². The van der Waals surface area contributed by atoms with Crippen molar-refractivity contribution >= 4 is 43.8 Å². The first kappa shape index (κ1) is 19.0. The Balaban J connectivity index is 1.52. The van der Waals surface area contributed by atoms with Crippen LogP contribution in [0, 0.1) is 0 Å². The molecule has 2 aliphatic rings. The summed E-state index contributed by atoms with van der Waals surface area (Å²) in [6, 6.07) is 12.3. The van der Waals surface area contributed by atoms with Gasteiger partial charge < -0.3 is 0 Å². The minimum Gasteiger partial charge on any atom is -0.297 e. The average Bonchev–Trinajstić information content (AvgIpc) is 2.62. The maximum Gasteiger partial charge on any atom is 0.0564 e. The first-order valence-electron chi connectivity index (χ1n) is 8.97. The van der Waals surface area contributed by atoms with Crippen LogP contribution in [-0.2, 0) is 0 Å². The largest absolute Gasteiger partial charge is 0.297 e. The monoisotopic (exact) mass is 472 g/mol. The number of hydrogen-bond donors (Lipinski definition) is 0. The lowest BCUT2D eigenvalue weighted by molar-refractivity contribution is 0.0678. The lowest BCUT2D eigenvalue weighted by Gasteiger charge is -2.44. The number of hydrogen-bond acceptors (Lipinski definition) is 3. The van der Waals surface area contributed by atoms with Gasteiger partial charge in [0.2, 0.25) is 0 Å². The van der Waals surface area contributed by atoms with Crippen LogP contribution in [0.25, 0.3) is 0 Å². The van der Waals surface area contributed by atoms with E-state index in [0.717, 1.165) is 21.9 Å². The molecule has 0 radical (unpaired) electrons. The van der Waals surface area contributed by atoms with Gasteiger partial charge in [0, 0.05) is 30.1 Å². The predicted molar refractivity (Wildman–Crippen MR) is 112 cm³/mol. The minimum atomic E-state index is 0.724. The summed E-state index contributed by atoms with van der Waals surface area (Å²) in [5.41, 5.74) is 0. The van der Waals surface area contributed by atoms with E-state index in [4.69, 9.17) is 0 Å². The maximum absolute atomic E-state index is 3.51. The summed E-state index contributed by atoms with van der Waals surface area (Å²) in [7, 11) is 0. The molecule has 0 aliphatic carbocycles. The molecule has 2 saturated heterocycles. The van der Waals surface area contributed by atoms with Crippen LogP contribution in [0.3, 0.4) is 0 Å². The molecule has 0 saturated carbocycles. The van der Waals surface area contributed by atoms with E-state index in [1.807, 2.05) is 11.9 Å². The number of piperidine rings is 2. The zero-order chi connectivity index (χ0) is 16.8. The molecule has 0 N–H and O–H groups in total. The molecule has 2 nitrogen and oxygen atoms in total. The highest BCUT2D eigenvalue weighted by Crippen LogP contribution is 2.31. The van der Waals surface area contributed by atoms with Crippen LogP contribution in [0.15, 0.2) is 44.7 Å². The summed E-state index contributed by atoms with van der Waals surface area (Å²) < 4.78 is 3.63. The van der Waals surface area contributed by atoms with E-state index in [-0.39, 0.29) is 0 Å². The first-order chi connectivity index (χ1) is 11.7. The van der Waals surface area contributed by atoms with Crippen LogP contribution in [0.2, 0.25) is 0 Å². The van der Waals surface area contributed by atoms with Crippen LogP contribution in [0.1, 0.15) is 38.5 Å². The molecule has 1 unspecified atom stereocenters. The normalized spacial score (nSPS) is 24.0. The molecule has 0 amide bonds. The quantitative estimate of drug-likeness (QED) is 0.481. The highest BCUT2D eigenvalue weighted by atomic mass is 79.9. The van der Waals surface area contributed by atoms with Crippen molar-refractivity contribution in [1.82, 2.24) is 9.21 Å². The van der Waals surface area contributed by atoms with Crippen molar-refractivity contribution in [2.45, 2.75) is 55.5 Å². The van der Waals surface area contributed by atoms with Crippen LogP contribution in [0.4, 0.5) is 0 Å². The van der Waals surface area contributed by atoms with Crippen molar-refractivity contribution in [3.05, 3.63) is 39.8 Å². The van der Waals surface area contributed by atoms with E-state index in [0.29, 0.717) is 0 Å². The number of rotatable bonds is 5. The molecule has 2 heterocycles. The Kier molecular flexibility index (Phi) is 7.72. The van der Waals surface area contributed by atoms with Gasteiger partial charge in [0.15, 0.2) is 0 Å². The minimum absolute atomic E-state index is 0.724. The van der Waals surface area contributed by atoms with E-state index in [1.165, 1.54) is 56.6 Å². The van der Waals surface area contributed by atoms with Gasteiger partial charge in [0.05, 0.1) is 3.39 Å². The Morgan fingerprint density at radius 3 is 2.50 bits per heavy atom. The molecule has 2 aliphatic heterocycles. The van der Waals surface area contributed by atoms with Gasteiger partial charge in [-0.15, -0.1) is 0 Å². The fourth-order valence-electron chi connectivity index (χ4n) is 3.88. The molecule has 0 aromatic heterocycles. The smallest absolute Gasteiger partial charge is 0.0564 e. The molecular weight excluding hydrogens is 448 g/mol. The number of halogens is 2. The van der Waals surface area contributed by atoms with Crippen molar-refractivity contribution < 1.29 is 0 Å². The third-order valence-corrected chi connectivity index (χ3v) is 6.84. The summed E-state index contributed by atoms with van der Waals surface area (Å²) in [5, 5.41) is 0. The number of likely N-dealkylation sites (tertiary alicyclic amines) is 1. The fourth-order valence-corrected chi connectivity index (χ4v) is 5.22. The summed E-state index contributed by atoms with van der Waals surface area (Å²) in [6.07, 6.45) is 10.1. The average molecular weight is 474 g/mol. The Hall–Kier alpha value is 0.190. The third kappa shape index (κ3) is 5.60. The van der Waals surface area contributed by atoms with Gasteiger partial charge in [-0.1, -0.05) is 30.7 Å². The Morgan fingerprint density at radius 2 is 1.79 bits per heavy atom. The van der Waals surface area contributed by atoms with Gasteiger partial charge in [0.1, 0.15) is 0 Å². The van der Waals surface area contributed by atoms with E-state index in [1.54, 1.807) is 0 Å². The number of benzene rings is 1. The summed E-state index contributed by atoms with van der Waals surface area (Å²) in [5.74, 6) is 0. The van der Waals surface area contributed by atoms with Crippen LogP contribution < -0.4 is 0 Å². The van der Waals surface area contributed by atoms with Crippen molar-refractivity contribution in [3.63, 3.8) is 0 Å². The second kappa shape index (κ2) is 9.77. The van der Waals surface area contributed by atoms with Gasteiger partial charge in [-0.05, 0) is 94.6 Å². The highest BCUT2D eigenvalue weighted by Gasteiger charge is 2.31. The third-order valence-electron chi connectivity index (χ3n) is 5.09. The van der Waals surface area contributed by atoms with Crippen LogP contribution >= 0.6 is 43.8 Å². The van der Waals surface area contributed by atoms with Gasteiger partial charge >= 0.3 is 0 Å². The molecule has 1 aromatic carbocycles. The van der Waals surface area contributed by atoms with Crippen LogP contribution in [0.5, 0.6) is 0 Å². The second-order valence-corrected chi connectivity index (χ2v) is 10.6. The molecule has 1 atom stereocenters. The van der Waals surface area contributed by atoms with E-state index in [2.05, 4.69) is 77.5 Å². The first-order valence-corrected chi connectivity index (χ1v) is 11.3. The Bertz CT molecular complexity index is 525.